The van der Waals surface area contributed by atoms with Crippen molar-refractivity contribution in [2.75, 3.05) is 42.5 Å². The van der Waals surface area contributed by atoms with Gasteiger partial charge in [0.1, 0.15) is 6.54 Å². The number of hydrogen-bond donors (Lipinski definition) is 0. The van der Waals surface area contributed by atoms with Gasteiger partial charge in [0.2, 0.25) is 11.8 Å². The molecule has 1 aliphatic rings. The van der Waals surface area contributed by atoms with Crippen LogP contribution in [0.2, 0.25) is 0 Å². The van der Waals surface area contributed by atoms with Crippen molar-refractivity contribution in [1.82, 2.24) is 4.90 Å². The zero-order valence-electron chi connectivity index (χ0n) is 17.2. The van der Waals surface area contributed by atoms with E-state index in [0.717, 1.165) is 24.3 Å². The minimum absolute atomic E-state index is 0.00248. The fourth-order valence-corrected chi connectivity index (χ4v) is 3.55. The summed E-state index contributed by atoms with van der Waals surface area (Å²) >= 11 is 0. The third kappa shape index (κ3) is 4.53. The molecule has 5 nitrogen and oxygen atoms in total. The van der Waals surface area contributed by atoms with Crippen LogP contribution < -0.4 is 9.80 Å². The van der Waals surface area contributed by atoms with E-state index >= 15 is 0 Å². The second kappa shape index (κ2) is 8.46. The van der Waals surface area contributed by atoms with Crippen LogP contribution in [0, 0.1) is 20.8 Å². The van der Waals surface area contributed by atoms with Crippen LogP contribution in [0.25, 0.3) is 0 Å². The van der Waals surface area contributed by atoms with Crippen LogP contribution >= 0.6 is 0 Å². The fourth-order valence-electron chi connectivity index (χ4n) is 3.55. The molecule has 1 fully saturated rings. The van der Waals surface area contributed by atoms with E-state index in [4.69, 9.17) is 0 Å². The zero-order valence-corrected chi connectivity index (χ0v) is 17.2. The quantitative estimate of drug-likeness (QED) is 0.819. The lowest BCUT2D eigenvalue weighted by molar-refractivity contribution is -0.131. The topological polar surface area (TPSA) is 43.9 Å². The summed E-state index contributed by atoms with van der Waals surface area (Å²) in [5.41, 5.74) is 5.50. The molecule has 0 aromatic heterocycles. The number of benzene rings is 2. The van der Waals surface area contributed by atoms with Crippen molar-refractivity contribution in [2.45, 2.75) is 27.7 Å². The van der Waals surface area contributed by atoms with Crippen molar-refractivity contribution in [2.24, 2.45) is 0 Å². The van der Waals surface area contributed by atoms with Gasteiger partial charge >= 0.3 is 0 Å². The van der Waals surface area contributed by atoms with Crippen molar-refractivity contribution in [1.29, 1.82) is 0 Å². The van der Waals surface area contributed by atoms with E-state index in [9.17, 15) is 9.59 Å². The second-order valence-electron chi connectivity index (χ2n) is 7.58. The van der Waals surface area contributed by atoms with Gasteiger partial charge in [0.15, 0.2) is 0 Å². The molecule has 2 amide bonds. The van der Waals surface area contributed by atoms with Crippen LogP contribution in [-0.2, 0) is 9.59 Å². The number of hydrogen-bond acceptors (Lipinski definition) is 3. The molecule has 1 saturated heterocycles. The van der Waals surface area contributed by atoms with Crippen LogP contribution in [0.4, 0.5) is 11.4 Å². The molecule has 1 heterocycles. The number of aryl methyl sites for hydroxylation is 3. The maximum absolute atomic E-state index is 12.8. The Labute approximate surface area is 167 Å². The summed E-state index contributed by atoms with van der Waals surface area (Å²) in [5, 5.41) is 0. The molecule has 5 heteroatoms. The van der Waals surface area contributed by atoms with Gasteiger partial charge in [-0.3, -0.25) is 9.59 Å². The minimum Gasteiger partial charge on any atom is -0.368 e. The van der Waals surface area contributed by atoms with Crippen LogP contribution in [0.1, 0.15) is 23.6 Å². The lowest BCUT2D eigenvalue weighted by atomic mass is 10.1. The summed E-state index contributed by atoms with van der Waals surface area (Å²) in [7, 11) is 0. The van der Waals surface area contributed by atoms with Crippen LogP contribution in [0.3, 0.4) is 0 Å². The highest BCUT2D eigenvalue weighted by atomic mass is 16.2. The Morgan fingerprint density at radius 1 is 0.929 bits per heavy atom. The number of amides is 2. The maximum atomic E-state index is 12.8. The minimum atomic E-state index is -0.116. The molecule has 0 aliphatic carbocycles. The third-order valence-corrected chi connectivity index (χ3v) is 5.47. The Morgan fingerprint density at radius 2 is 1.64 bits per heavy atom. The standard InChI is InChI=1S/C23H29N3O2/c1-17-6-5-7-21(14-17)24-10-12-25(13-11-24)23(28)16-26(20(4)27)22-9-8-18(2)19(3)15-22/h5-9,14-15H,10-13,16H2,1-4H3. The highest BCUT2D eigenvalue weighted by molar-refractivity contribution is 5.97. The van der Waals surface area contributed by atoms with Crippen LogP contribution in [0.5, 0.6) is 0 Å². The first kappa shape index (κ1) is 19.9. The normalized spacial score (nSPS) is 14.1. The van der Waals surface area contributed by atoms with E-state index in [1.54, 1.807) is 4.90 Å². The van der Waals surface area contributed by atoms with Crippen LogP contribution in [-0.4, -0.2) is 49.4 Å². The second-order valence-corrected chi connectivity index (χ2v) is 7.58. The van der Waals surface area contributed by atoms with E-state index in [2.05, 4.69) is 36.1 Å². The molecular formula is C23H29N3O2. The van der Waals surface area contributed by atoms with Gasteiger partial charge < -0.3 is 14.7 Å². The van der Waals surface area contributed by atoms with E-state index in [1.807, 2.05) is 36.9 Å². The average molecular weight is 380 g/mol. The Bertz CT molecular complexity index is 870. The van der Waals surface area contributed by atoms with Crippen molar-refractivity contribution in [3.8, 4) is 0 Å². The van der Waals surface area contributed by atoms with Gasteiger partial charge in [-0.15, -0.1) is 0 Å². The van der Waals surface area contributed by atoms with E-state index in [1.165, 1.54) is 23.7 Å². The van der Waals surface area contributed by atoms with Gasteiger partial charge in [-0.2, -0.15) is 0 Å². The van der Waals surface area contributed by atoms with Gasteiger partial charge in [0.25, 0.3) is 0 Å². The lowest BCUT2D eigenvalue weighted by Crippen LogP contribution is -2.51. The van der Waals surface area contributed by atoms with Crippen molar-refractivity contribution >= 4 is 23.2 Å². The Kier molecular flexibility index (Phi) is 6.02. The summed E-state index contributed by atoms with van der Waals surface area (Å²) in [5.74, 6) is -0.118. The highest BCUT2D eigenvalue weighted by Gasteiger charge is 2.24. The number of piperazine rings is 1. The first-order valence-corrected chi connectivity index (χ1v) is 9.80. The summed E-state index contributed by atoms with van der Waals surface area (Å²) in [6, 6.07) is 14.3. The molecule has 0 unspecified atom stereocenters. The summed E-state index contributed by atoms with van der Waals surface area (Å²) in [4.78, 5) is 30.8. The van der Waals surface area contributed by atoms with Gasteiger partial charge in [-0.25, -0.2) is 0 Å². The zero-order chi connectivity index (χ0) is 20.3. The first-order chi connectivity index (χ1) is 13.3. The van der Waals surface area contributed by atoms with Gasteiger partial charge in [0, 0.05) is 44.5 Å². The Balaban J connectivity index is 1.63. The number of nitrogens with zero attached hydrogens (tertiary/aromatic N) is 3. The highest BCUT2D eigenvalue weighted by Crippen LogP contribution is 2.21. The maximum Gasteiger partial charge on any atom is 0.242 e. The molecule has 0 spiro atoms. The molecule has 0 N–H and O–H groups in total. The number of anilines is 2. The predicted molar refractivity (Wildman–Crippen MR) is 114 cm³/mol. The molecule has 2 aromatic rings. The van der Waals surface area contributed by atoms with E-state index in [0.29, 0.717) is 13.1 Å². The SMILES string of the molecule is CC(=O)N(CC(=O)N1CCN(c2cccc(C)c2)CC1)c1ccc(C)c(C)c1. The van der Waals surface area contributed by atoms with E-state index in [-0.39, 0.29) is 18.4 Å². The fraction of sp³-hybridized carbons (Fsp3) is 0.391. The van der Waals surface area contributed by atoms with Crippen LogP contribution in [0.15, 0.2) is 42.5 Å². The average Bonchev–Trinajstić information content (AvgIpc) is 2.68. The monoisotopic (exact) mass is 379 g/mol. The smallest absolute Gasteiger partial charge is 0.242 e. The van der Waals surface area contributed by atoms with E-state index < -0.39 is 0 Å². The van der Waals surface area contributed by atoms with Gasteiger partial charge in [-0.05, 0) is 61.7 Å². The Morgan fingerprint density at radius 3 is 2.25 bits per heavy atom. The third-order valence-electron chi connectivity index (χ3n) is 5.47. The molecule has 0 bridgehead atoms. The molecule has 148 valence electrons. The molecular weight excluding hydrogens is 350 g/mol. The summed E-state index contributed by atoms with van der Waals surface area (Å²) in [6.07, 6.45) is 0. The lowest BCUT2D eigenvalue weighted by Gasteiger charge is -2.37. The first-order valence-electron chi connectivity index (χ1n) is 9.80. The molecule has 0 atom stereocenters. The molecule has 1 aliphatic heterocycles. The molecule has 28 heavy (non-hydrogen) atoms. The van der Waals surface area contributed by atoms with Gasteiger partial charge in [0.05, 0.1) is 0 Å². The summed E-state index contributed by atoms with van der Waals surface area (Å²) in [6.45, 7) is 10.7. The number of carbonyl (C=O) groups excluding carboxylic acids is 2. The molecule has 0 saturated carbocycles. The summed E-state index contributed by atoms with van der Waals surface area (Å²) < 4.78 is 0. The largest absolute Gasteiger partial charge is 0.368 e. The van der Waals surface area contributed by atoms with Crippen molar-refractivity contribution in [3.05, 3.63) is 59.2 Å². The molecule has 0 radical (unpaired) electrons. The Hall–Kier alpha value is -2.82. The van der Waals surface area contributed by atoms with Crippen molar-refractivity contribution < 1.29 is 9.59 Å². The predicted octanol–water partition coefficient (Wildman–Crippen LogP) is 3.31. The van der Waals surface area contributed by atoms with Crippen molar-refractivity contribution in [3.63, 3.8) is 0 Å². The molecule has 2 aromatic carbocycles. The molecule has 3 rings (SSSR count). The number of carbonyl (C=O) groups is 2. The number of rotatable bonds is 4. The van der Waals surface area contributed by atoms with Gasteiger partial charge in [-0.1, -0.05) is 18.2 Å².